The molecule has 1 aromatic rings. The Kier molecular flexibility index (Phi) is 4.34. The first-order chi connectivity index (χ1) is 9.49. The van der Waals surface area contributed by atoms with Gasteiger partial charge in [0.1, 0.15) is 5.02 Å². The van der Waals surface area contributed by atoms with E-state index in [1.807, 2.05) is 0 Å². The normalized spacial score (nSPS) is 18.6. The third-order valence-electron chi connectivity index (χ3n) is 3.13. The van der Waals surface area contributed by atoms with Crippen molar-refractivity contribution >= 4 is 29.0 Å². The van der Waals surface area contributed by atoms with Crippen molar-refractivity contribution in [3.63, 3.8) is 0 Å². The third-order valence-corrected chi connectivity index (χ3v) is 3.45. The first kappa shape index (κ1) is 14.5. The third kappa shape index (κ3) is 3.14. The minimum Gasteiger partial charge on any atom is -0.451 e. The van der Waals surface area contributed by atoms with Gasteiger partial charge in [-0.2, -0.15) is 0 Å². The maximum atomic E-state index is 11.9. The summed E-state index contributed by atoms with van der Waals surface area (Å²) in [5.41, 5.74) is -0.351. The Labute approximate surface area is 119 Å². The molecule has 106 valence electrons. The summed E-state index contributed by atoms with van der Waals surface area (Å²) in [6, 6.07) is 3.65. The second-order valence-corrected chi connectivity index (χ2v) is 4.94. The van der Waals surface area contributed by atoms with Crippen molar-refractivity contribution in [2.24, 2.45) is 0 Å². The van der Waals surface area contributed by atoms with Crippen molar-refractivity contribution < 1.29 is 19.2 Å². The number of esters is 1. The maximum Gasteiger partial charge on any atom is 0.339 e. The van der Waals surface area contributed by atoms with E-state index in [2.05, 4.69) is 0 Å². The van der Waals surface area contributed by atoms with Crippen LogP contribution in [0, 0.1) is 10.1 Å². The second-order valence-electron chi connectivity index (χ2n) is 4.53. The lowest BCUT2D eigenvalue weighted by atomic mass is 9.96. The molecule has 0 radical (unpaired) electrons. The van der Waals surface area contributed by atoms with Gasteiger partial charge in [-0.3, -0.25) is 14.9 Å². The van der Waals surface area contributed by atoms with Crippen LogP contribution in [-0.4, -0.2) is 22.8 Å². The lowest BCUT2D eigenvalue weighted by molar-refractivity contribution is -0.384. The topological polar surface area (TPSA) is 86.5 Å². The lowest BCUT2D eigenvalue weighted by Crippen LogP contribution is -2.30. The Bertz CT molecular complexity index is 572. The van der Waals surface area contributed by atoms with E-state index < -0.39 is 17.0 Å². The summed E-state index contributed by atoms with van der Waals surface area (Å²) < 4.78 is 5.11. The quantitative estimate of drug-likeness (QED) is 0.486. The van der Waals surface area contributed by atoms with Crippen LogP contribution in [0.15, 0.2) is 18.2 Å². The van der Waals surface area contributed by atoms with Crippen LogP contribution in [0.3, 0.4) is 0 Å². The van der Waals surface area contributed by atoms with Crippen LogP contribution < -0.4 is 0 Å². The fourth-order valence-electron chi connectivity index (χ4n) is 2.05. The zero-order valence-electron chi connectivity index (χ0n) is 10.5. The maximum absolute atomic E-state index is 11.9. The van der Waals surface area contributed by atoms with E-state index in [-0.39, 0.29) is 22.1 Å². The molecule has 0 heterocycles. The molecule has 1 aliphatic carbocycles. The molecule has 20 heavy (non-hydrogen) atoms. The highest BCUT2D eigenvalue weighted by atomic mass is 35.5. The summed E-state index contributed by atoms with van der Waals surface area (Å²) in [7, 11) is 0. The predicted octanol–water partition coefficient (Wildman–Crippen LogP) is 2.92. The number of nitro benzene ring substituents is 1. The molecule has 1 fully saturated rings. The van der Waals surface area contributed by atoms with Crippen molar-refractivity contribution in [1.82, 2.24) is 0 Å². The number of hydrogen-bond acceptors (Lipinski definition) is 5. The van der Waals surface area contributed by atoms with Gasteiger partial charge in [-0.25, -0.2) is 4.79 Å². The minimum absolute atomic E-state index is 0.0134. The summed E-state index contributed by atoms with van der Waals surface area (Å²) in [6.45, 7) is 0. The average molecular weight is 298 g/mol. The van der Waals surface area contributed by atoms with Crippen LogP contribution in [0.25, 0.3) is 0 Å². The van der Waals surface area contributed by atoms with E-state index in [0.717, 1.165) is 18.9 Å². The van der Waals surface area contributed by atoms with E-state index >= 15 is 0 Å². The molecule has 0 aliphatic heterocycles. The van der Waals surface area contributed by atoms with Crippen LogP contribution in [0.2, 0.25) is 5.02 Å². The summed E-state index contributed by atoms with van der Waals surface area (Å²) in [4.78, 5) is 33.6. The fourth-order valence-corrected chi connectivity index (χ4v) is 2.24. The number of hydrogen-bond donors (Lipinski definition) is 0. The van der Waals surface area contributed by atoms with Crippen molar-refractivity contribution in [3.05, 3.63) is 38.9 Å². The van der Waals surface area contributed by atoms with Gasteiger partial charge in [0.15, 0.2) is 11.9 Å². The summed E-state index contributed by atoms with van der Waals surface area (Å²) in [5, 5.41) is 10.7. The molecule has 0 amide bonds. The van der Waals surface area contributed by atoms with Gasteiger partial charge < -0.3 is 4.74 Å². The first-order valence-corrected chi connectivity index (χ1v) is 6.54. The van der Waals surface area contributed by atoms with Gasteiger partial charge in [0.25, 0.3) is 5.69 Å². The van der Waals surface area contributed by atoms with Crippen LogP contribution in [0.5, 0.6) is 0 Å². The van der Waals surface area contributed by atoms with Crippen LogP contribution in [0.4, 0.5) is 5.69 Å². The van der Waals surface area contributed by atoms with Crippen LogP contribution in [-0.2, 0) is 9.53 Å². The van der Waals surface area contributed by atoms with Crippen molar-refractivity contribution in [1.29, 1.82) is 0 Å². The first-order valence-electron chi connectivity index (χ1n) is 6.16. The van der Waals surface area contributed by atoms with Gasteiger partial charge in [0.2, 0.25) is 0 Å². The van der Waals surface area contributed by atoms with E-state index in [4.69, 9.17) is 16.3 Å². The standard InChI is InChI=1S/C13H12ClNO5/c14-9-6-5-8(7-10(9)15(18)19)13(17)20-12-4-2-1-3-11(12)16/h5-7,12H,1-4H2/t12-/m0/s1. The zero-order valence-corrected chi connectivity index (χ0v) is 11.3. The van der Waals surface area contributed by atoms with Gasteiger partial charge in [-0.05, 0) is 31.4 Å². The Balaban J connectivity index is 2.15. The van der Waals surface area contributed by atoms with E-state index in [1.54, 1.807) is 0 Å². The highest BCUT2D eigenvalue weighted by Gasteiger charge is 2.27. The molecule has 1 aromatic carbocycles. The number of ketones is 1. The van der Waals surface area contributed by atoms with Crippen molar-refractivity contribution in [3.8, 4) is 0 Å². The molecule has 0 N–H and O–H groups in total. The molecule has 0 spiro atoms. The molecule has 0 saturated heterocycles. The van der Waals surface area contributed by atoms with E-state index in [1.165, 1.54) is 12.1 Å². The number of nitro groups is 1. The number of carbonyl (C=O) groups excluding carboxylic acids is 2. The molecular weight excluding hydrogens is 286 g/mol. The van der Waals surface area contributed by atoms with Crippen LogP contribution >= 0.6 is 11.6 Å². The Morgan fingerprint density at radius 2 is 2.15 bits per heavy atom. The molecule has 2 rings (SSSR count). The number of Topliss-reactive ketones (excluding diaryl/α,β-unsaturated/α-hetero) is 1. The number of ether oxygens (including phenoxy) is 1. The van der Waals surface area contributed by atoms with Crippen LogP contribution in [0.1, 0.15) is 36.0 Å². The molecule has 1 saturated carbocycles. The highest BCUT2D eigenvalue weighted by Crippen LogP contribution is 2.26. The predicted molar refractivity (Wildman–Crippen MR) is 70.8 cm³/mol. The molecule has 1 atom stereocenters. The van der Waals surface area contributed by atoms with Gasteiger partial charge in [-0.15, -0.1) is 0 Å². The number of rotatable bonds is 3. The monoisotopic (exact) mass is 297 g/mol. The van der Waals surface area contributed by atoms with E-state index in [0.29, 0.717) is 12.8 Å². The number of nitrogens with zero attached hydrogens (tertiary/aromatic N) is 1. The number of halogens is 1. The summed E-state index contributed by atoms with van der Waals surface area (Å²) >= 11 is 5.66. The number of carbonyl (C=O) groups is 2. The zero-order chi connectivity index (χ0) is 14.7. The van der Waals surface area contributed by atoms with Crippen molar-refractivity contribution in [2.45, 2.75) is 31.8 Å². The van der Waals surface area contributed by atoms with Crippen molar-refractivity contribution in [2.75, 3.05) is 0 Å². The van der Waals surface area contributed by atoms with E-state index in [9.17, 15) is 19.7 Å². The second kappa shape index (κ2) is 6.00. The molecule has 1 aliphatic rings. The molecular formula is C13H12ClNO5. The minimum atomic E-state index is -0.745. The average Bonchev–Trinajstić information content (AvgIpc) is 2.41. The smallest absolute Gasteiger partial charge is 0.339 e. The van der Waals surface area contributed by atoms with Gasteiger partial charge in [0.05, 0.1) is 10.5 Å². The largest absolute Gasteiger partial charge is 0.451 e. The highest BCUT2D eigenvalue weighted by molar-refractivity contribution is 6.32. The molecule has 7 heteroatoms. The van der Waals surface area contributed by atoms with Gasteiger partial charge in [-0.1, -0.05) is 11.6 Å². The number of benzene rings is 1. The SMILES string of the molecule is O=C(O[C@H]1CCCCC1=O)c1ccc(Cl)c([N+](=O)[O-])c1. The lowest BCUT2D eigenvalue weighted by Gasteiger charge is -2.20. The Morgan fingerprint density at radius 3 is 2.80 bits per heavy atom. The fraction of sp³-hybridized carbons (Fsp3) is 0.385. The Hall–Kier alpha value is -1.95. The molecule has 0 aromatic heterocycles. The molecule has 6 nitrogen and oxygen atoms in total. The molecule has 0 bridgehead atoms. The summed E-state index contributed by atoms with van der Waals surface area (Å²) in [5.74, 6) is -0.849. The summed E-state index contributed by atoms with van der Waals surface area (Å²) in [6.07, 6.45) is 1.79. The van der Waals surface area contributed by atoms with Gasteiger partial charge in [0, 0.05) is 12.5 Å². The molecule has 0 unspecified atom stereocenters. The van der Waals surface area contributed by atoms with Gasteiger partial charge >= 0.3 is 5.97 Å². The Morgan fingerprint density at radius 1 is 1.40 bits per heavy atom.